The highest BCUT2D eigenvalue weighted by molar-refractivity contribution is 7.22. The van der Waals surface area contributed by atoms with Crippen molar-refractivity contribution < 1.29 is 14.2 Å². The topological polar surface area (TPSA) is 85.1 Å². The fourth-order valence-corrected chi connectivity index (χ4v) is 4.40. The van der Waals surface area contributed by atoms with Gasteiger partial charge in [-0.15, -0.1) is 0 Å². The van der Waals surface area contributed by atoms with Crippen LogP contribution in [0.5, 0.6) is 11.5 Å². The van der Waals surface area contributed by atoms with Gasteiger partial charge < -0.3 is 15.2 Å². The van der Waals surface area contributed by atoms with Crippen LogP contribution >= 0.6 is 11.3 Å². The van der Waals surface area contributed by atoms with E-state index in [1.807, 2.05) is 24.3 Å². The summed E-state index contributed by atoms with van der Waals surface area (Å²) < 4.78 is 21.1. The van der Waals surface area contributed by atoms with E-state index < -0.39 is 6.67 Å². The third-order valence-electron chi connectivity index (χ3n) is 4.87. The predicted octanol–water partition coefficient (Wildman–Crippen LogP) is 5.14. The second-order valence-electron chi connectivity index (χ2n) is 7.96. The SMILES string of the molecule is CC(C)CC(CO)Nc1nc2ccc(Oc3ccnc(-c4cnn(CCF)c4)c3)cc2s1. The molecule has 0 radical (unpaired) electrons. The van der Waals surface area contributed by atoms with Gasteiger partial charge in [-0.25, -0.2) is 9.37 Å². The number of ether oxygens (including phenoxy) is 1. The molecule has 0 fully saturated rings. The molecule has 3 aromatic heterocycles. The Morgan fingerprint density at radius 1 is 1.22 bits per heavy atom. The van der Waals surface area contributed by atoms with E-state index >= 15 is 0 Å². The van der Waals surface area contributed by atoms with Crippen molar-refractivity contribution in [3.63, 3.8) is 0 Å². The Hall–Kier alpha value is -3.04. The average Bonchev–Trinajstić information content (AvgIpc) is 3.40. The number of thiazole rings is 1. The summed E-state index contributed by atoms with van der Waals surface area (Å²) in [5.41, 5.74) is 2.39. The van der Waals surface area contributed by atoms with Gasteiger partial charge in [0.2, 0.25) is 0 Å². The third kappa shape index (κ3) is 5.41. The fraction of sp³-hybridized carbons (Fsp3) is 0.348. The minimum absolute atomic E-state index is 0.0178. The summed E-state index contributed by atoms with van der Waals surface area (Å²) in [4.78, 5) is 8.99. The van der Waals surface area contributed by atoms with E-state index in [-0.39, 0.29) is 19.2 Å². The Morgan fingerprint density at radius 2 is 2.06 bits per heavy atom. The highest BCUT2D eigenvalue weighted by Gasteiger charge is 2.13. The van der Waals surface area contributed by atoms with Crippen LogP contribution in [-0.2, 0) is 6.54 Å². The molecule has 0 bridgehead atoms. The van der Waals surface area contributed by atoms with Crippen LogP contribution in [-0.4, -0.2) is 44.2 Å². The molecule has 0 aliphatic heterocycles. The minimum atomic E-state index is -0.465. The summed E-state index contributed by atoms with van der Waals surface area (Å²) in [6, 6.07) is 9.36. The summed E-state index contributed by atoms with van der Waals surface area (Å²) in [5, 5.41) is 17.9. The molecule has 4 aromatic rings. The van der Waals surface area contributed by atoms with Crippen LogP contribution in [0.2, 0.25) is 0 Å². The summed E-state index contributed by atoms with van der Waals surface area (Å²) in [7, 11) is 0. The van der Waals surface area contributed by atoms with Crippen LogP contribution in [0.4, 0.5) is 9.52 Å². The zero-order valence-electron chi connectivity index (χ0n) is 18.0. The quantitative estimate of drug-likeness (QED) is 0.345. The van der Waals surface area contributed by atoms with Crippen LogP contribution in [0.3, 0.4) is 0 Å². The minimum Gasteiger partial charge on any atom is -0.457 e. The van der Waals surface area contributed by atoms with Crippen LogP contribution in [0.15, 0.2) is 48.9 Å². The monoisotopic (exact) mass is 455 g/mol. The first-order chi connectivity index (χ1) is 15.5. The molecule has 168 valence electrons. The Kier molecular flexibility index (Phi) is 6.96. The van der Waals surface area contributed by atoms with Crippen molar-refractivity contribution in [2.45, 2.75) is 32.9 Å². The number of nitrogens with zero attached hydrogens (tertiary/aromatic N) is 4. The third-order valence-corrected chi connectivity index (χ3v) is 5.82. The van der Waals surface area contributed by atoms with E-state index in [4.69, 9.17) is 4.74 Å². The number of benzene rings is 1. The summed E-state index contributed by atoms with van der Waals surface area (Å²) >= 11 is 1.53. The molecule has 9 heteroatoms. The van der Waals surface area contributed by atoms with E-state index in [9.17, 15) is 9.50 Å². The number of pyridine rings is 1. The first-order valence-electron chi connectivity index (χ1n) is 10.5. The number of aliphatic hydroxyl groups excluding tert-OH is 1. The lowest BCUT2D eigenvalue weighted by molar-refractivity contribution is 0.259. The number of anilines is 1. The molecule has 0 saturated heterocycles. The van der Waals surface area contributed by atoms with Crippen LogP contribution in [0.1, 0.15) is 20.3 Å². The lowest BCUT2D eigenvalue weighted by Gasteiger charge is -2.17. The van der Waals surface area contributed by atoms with Crippen molar-refractivity contribution >= 4 is 26.7 Å². The Balaban J connectivity index is 1.49. The van der Waals surface area contributed by atoms with Crippen molar-refractivity contribution in [3.8, 4) is 22.8 Å². The largest absolute Gasteiger partial charge is 0.457 e. The van der Waals surface area contributed by atoms with Gasteiger partial charge >= 0.3 is 0 Å². The number of hydrogen-bond acceptors (Lipinski definition) is 7. The van der Waals surface area contributed by atoms with Gasteiger partial charge in [0, 0.05) is 30.1 Å². The number of halogens is 1. The van der Waals surface area contributed by atoms with Gasteiger partial charge in [-0.2, -0.15) is 5.10 Å². The first-order valence-corrected chi connectivity index (χ1v) is 11.4. The Morgan fingerprint density at radius 3 is 2.84 bits per heavy atom. The van der Waals surface area contributed by atoms with E-state index in [0.717, 1.165) is 27.3 Å². The summed E-state index contributed by atoms with van der Waals surface area (Å²) in [6.07, 6.45) is 5.98. The smallest absolute Gasteiger partial charge is 0.184 e. The molecule has 0 saturated carbocycles. The van der Waals surface area contributed by atoms with Crippen molar-refractivity contribution in [3.05, 3.63) is 48.9 Å². The van der Waals surface area contributed by atoms with Crippen molar-refractivity contribution in [2.75, 3.05) is 18.6 Å². The Labute approximate surface area is 189 Å². The number of rotatable bonds is 10. The number of fused-ring (bicyclic) bond motifs is 1. The number of nitrogens with one attached hydrogen (secondary N) is 1. The van der Waals surface area contributed by atoms with Crippen LogP contribution < -0.4 is 10.1 Å². The van der Waals surface area contributed by atoms with Crippen LogP contribution in [0, 0.1) is 5.92 Å². The first kappa shape index (κ1) is 22.2. The average molecular weight is 456 g/mol. The van der Waals surface area contributed by atoms with Crippen LogP contribution in [0.25, 0.3) is 21.5 Å². The molecule has 32 heavy (non-hydrogen) atoms. The molecule has 0 amide bonds. The number of aliphatic hydroxyl groups is 1. The maximum absolute atomic E-state index is 12.5. The lowest BCUT2D eigenvalue weighted by atomic mass is 10.0. The number of hydrogen-bond donors (Lipinski definition) is 2. The van der Waals surface area contributed by atoms with Crippen molar-refractivity contribution in [2.24, 2.45) is 5.92 Å². The molecule has 1 aromatic carbocycles. The molecule has 4 rings (SSSR count). The van der Waals surface area contributed by atoms with Gasteiger partial charge in [0.05, 0.1) is 41.3 Å². The second-order valence-corrected chi connectivity index (χ2v) is 8.99. The van der Waals surface area contributed by atoms with Gasteiger partial charge in [-0.1, -0.05) is 25.2 Å². The molecule has 0 spiro atoms. The highest BCUT2D eigenvalue weighted by atomic mass is 32.1. The fourth-order valence-electron chi connectivity index (χ4n) is 3.43. The number of alkyl halides is 1. The lowest BCUT2D eigenvalue weighted by Crippen LogP contribution is -2.25. The number of aromatic nitrogens is 4. The zero-order chi connectivity index (χ0) is 22.5. The molecule has 1 atom stereocenters. The highest BCUT2D eigenvalue weighted by Crippen LogP contribution is 2.32. The van der Waals surface area contributed by atoms with E-state index in [2.05, 4.69) is 34.2 Å². The predicted molar refractivity (Wildman–Crippen MR) is 125 cm³/mol. The van der Waals surface area contributed by atoms with Gasteiger partial charge in [-0.05, 0) is 30.5 Å². The number of aryl methyl sites for hydroxylation is 1. The van der Waals surface area contributed by atoms with Crippen molar-refractivity contribution in [1.29, 1.82) is 0 Å². The van der Waals surface area contributed by atoms with Crippen molar-refractivity contribution in [1.82, 2.24) is 19.7 Å². The van der Waals surface area contributed by atoms with Gasteiger partial charge in [0.1, 0.15) is 18.2 Å². The van der Waals surface area contributed by atoms with Gasteiger partial charge in [0.15, 0.2) is 5.13 Å². The van der Waals surface area contributed by atoms with E-state index in [1.54, 1.807) is 29.3 Å². The Bertz CT molecular complexity index is 1180. The normalized spacial score (nSPS) is 12.4. The van der Waals surface area contributed by atoms with Gasteiger partial charge in [-0.3, -0.25) is 9.67 Å². The molecule has 0 aliphatic carbocycles. The molecular weight excluding hydrogens is 429 g/mol. The maximum atomic E-state index is 12.5. The second kappa shape index (κ2) is 10.1. The maximum Gasteiger partial charge on any atom is 0.184 e. The summed E-state index contributed by atoms with van der Waals surface area (Å²) in [5.74, 6) is 1.82. The molecule has 0 aliphatic rings. The van der Waals surface area contributed by atoms with E-state index in [0.29, 0.717) is 23.1 Å². The molecule has 1 unspecified atom stereocenters. The van der Waals surface area contributed by atoms with E-state index in [1.165, 1.54) is 11.3 Å². The molecule has 3 heterocycles. The molecular formula is C23H26FN5O2S. The van der Waals surface area contributed by atoms with Gasteiger partial charge in [0.25, 0.3) is 0 Å². The molecule has 2 N–H and O–H groups in total. The zero-order valence-corrected chi connectivity index (χ0v) is 18.8. The molecule has 7 nitrogen and oxygen atoms in total. The summed E-state index contributed by atoms with van der Waals surface area (Å²) in [6.45, 7) is 4.09. The standard InChI is InChI=1S/C23H26FN5O2S/c1-15(2)9-17(14-30)27-23-28-20-4-3-18(11-22(20)32-23)31-19-5-7-25-21(10-19)16-12-26-29(13-16)8-6-24/h3-5,7,10-13,15,17,30H,6,8-9,14H2,1-2H3,(H,27,28).